The highest BCUT2D eigenvalue weighted by molar-refractivity contribution is 7.92. The molecule has 0 fully saturated rings. The van der Waals surface area contributed by atoms with Gasteiger partial charge in [0.1, 0.15) is 6.26 Å². The molecular formula is C23H18N6O3S. The predicted octanol–water partition coefficient (Wildman–Crippen LogP) is 3.84. The van der Waals surface area contributed by atoms with Crippen molar-refractivity contribution < 1.29 is 12.8 Å². The van der Waals surface area contributed by atoms with Crippen LogP contribution in [0.4, 0.5) is 6.01 Å². The van der Waals surface area contributed by atoms with E-state index < -0.39 is 10.0 Å². The molecule has 33 heavy (non-hydrogen) atoms. The van der Waals surface area contributed by atoms with Crippen molar-refractivity contribution in [1.82, 2.24) is 25.2 Å². The summed E-state index contributed by atoms with van der Waals surface area (Å²) < 4.78 is 33.6. The maximum Gasteiger partial charge on any atom is 0.308 e. The topological polar surface area (TPSA) is 116 Å². The molecule has 3 aromatic carbocycles. The van der Waals surface area contributed by atoms with Gasteiger partial charge in [0.15, 0.2) is 0 Å². The molecule has 9 nitrogen and oxygen atoms in total. The first-order chi connectivity index (χ1) is 16.1. The number of hydrogen-bond acceptors (Lipinski definition) is 7. The average molecular weight is 459 g/mol. The number of tetrazole rings is 1. The minimum absolute atomic E-state index is 0.0988. The molecule has 0 aliphatic carbocycles. The Bertz CT molecular complexity index is 1480. The van der Waals surface area contributed by atoms with Crippen LogP contribution in [0.1, 0.15) is 5.56 Å². The van der Waals surface area contributed by atoms with Gasteiger partial charge in [-0.3, -0.25) is 0 Å². The van der Waals surface area contributed by atoms with Crippen molar-refractivity contribution in [3.63, 3.8) is 0 Å². The molecule has 2 heterocycles. The lowest BCUT2D eigenvalue weighted by atomic mass is 10.00. The van der Waals surface area contributed by atoms with Crippen molar-refractivity contribution in [3.05, 3.63) is 96.9 Å². The van der Waals surface area contributed by atoms with Crippen LogP contribution in [-0.4, -0.2) is 33.6 Å². The van der Waals surface area contributed by atoms with Crippen LogP contribution in [0.15, 0.2) is 101 Å². The van der Waals surface area contributed by atoms with Crippen molar-refractivity contribution >= 4 is 16.0 Å². The van der Waals surface area contributed by atoms with Gasteiger partial charge in [0, 0.05) is 11.1 Å². The summed E-state index contributed by atoms with van der Waals surface area (Å²) in [6.45, 7) is 0.317. The van der Waals surface area contributed by atoms with Crippen molar-refractivity contribution in [2.24, 2.45) is 0 Å². The summed E-state index contributed by atoms with van der Waals surface area (Å²) in [6, 6.07) is 23.7. The second kappa shape index (κ2) is 8.67. The molecule has 164 valence electrons. The van der Waals surface area contributed by atoms with Crippen molar-refractivity contribution in [2.75, 3.05) is 4.72 Å². The minimum atomic E-state index is -3.94. The van der Waals surface area contributed by atoms with Gasteiger partial charge in [-0.25, -0.2) is 18.1 Å². The molecule has 0 aliphatic rings. The van der Waals surface area contributed by atoms with Gasteiger partial charge >= 0.3 is 6.01 Å². The van der Waals surface area contributed by atoms with Crippen molar-refractivity contribution in [2.45, 2.75) is 11.4 Å². The van der Waals surface area contributed by atoms with E-state index in [4.69, 9.17) is 4.42 Å². The lowest BCUT2D eigenvalue weighted by Gasteiger charge is -2.14. The van der Waals surface area contributed by atoms with Gasteiger partial charge in [-0.15, -0.1) is 10.2 Å². The zero-order chi connectivity index (χ0) is 22.7. The van der Waals surface area contributed by atoms with Crippen LogP contribution in [-0.2, 0) is 16.6 Å². The third-order valence-electron chi connectivity index (χ3n) is 4.93. The lowest BCUT2D eigenvalue weighted by Crippen LogP contribution is -2.14. The Hall–Kier alpha value is -4.31. The first-order valence-electron chi connectivity index (χ1n) is 10.0. The molecule has 0 amide bonds. The largest absolute Gasteiger partial charge is 0.432 e. The molecule has 10 heteroatoms. The normalized spacial score (nSPS) is 11.4. The lowest BCUT2D eigenvalue weighted by molar-refractivity contribution is 0.570. The molecule has 1 N–H and O–H groups in total. The van der Waals surface area contributed by atoms with E-state index in [2.05, 4.69) is 25.1 Å². The van der Waals surface area contributed by atoms with Gasteiger partial charge in [-0.05, 0) is 22.4 Å². The van der Waals surface area contributed by atoms with Gasteiger partial charge in [0.25, 0.3) is 10.0 Å². The van der Waals surface area contributed by atoms with Crippen LogP contribution < -0.4 is 4.72 Å². The summed E-state index contributed by atoms with van der Waals surface area (Å²) in [5, 5.41) is 12.8. The quantitative estimate of drug-likeness (QED) is 0.394. The molecule has 0 bridgehead atoms. The number of sulfonamides is 1. The van der Waals surface area contributed by atoms with Crippen LogP contribution in [0, 0.1) is 0 Å². The van der Waals surface area contributed by atoms with Crippen molar-refractivity contribution in [1.29, 1.82) is 0 Å². The highest BCUT2D eigenvalue weighted by Gasteiger charge is 2.22. The second-order valence-corrected chi connectivity index (χ2v) is 8.76. The van der Waals surface area contributed by atoms with Gasteiger partial charge < -0.3 is 4.42 Å². The smallest absolute Gasteiger partial charge is 0.308 e. The van der Waals surface area contributed by atoms with Gasteiger partial charge in [0.05, 0.1) is 17.6 Å². The van der Waals surface area contributed by atoms with Gasteiger partial charge in [-0.1, -0.05) is 72.8 Å². The highest BCUT2D eigenvalue weighted by atomic mass is 32.2. The fraction of sp³-hybridized carbons (Fsp3) is 0.0435. The number of nitrogens with one attached hydrogen (secondary N) is 1. The zero-order valence-electron chi connectivity index (χ0n) is 17.2. The predicted molar refractivity (Wildman–Crippen MR) is 122 cm³/mol. The monoisotopic (exact) mass is 458 g/mol. The fourth-order valence-electron chi connectivity index (χ4n) is 3.45. The highest BCUT2D eigenvalue weighted by Crippen LogP contribution is 2.31. The van der Waals surface area contributed by atoms with E-state index in [1.165, 1.54) is 17.3 Å². The van der Waals surface area contributed by atoms with Gasteiger partial charge in [-0.2, -0.15) is 4.80 Å². The number of nitrogens with zero attached hydrogens (tertiary/aromatic N) is 5. The molecule has 5 aromatic rings. The Balaban J connectivity index is 1.50. The Morgan fingerprint density at radius 1 is 0.879 bits per heavy atom. The van der Waals surface area contributed by atoms with Crippen LogP contribution in [0.25, 0.3) is 22.5 Å². The number of anilines is 1. The number of oxazole rings is 1. The van der Waals surface area contributed by atoms with E-state index in [0.717, 1.165) is 16.7 Å². The molecule has 0 aliphatic heterocycles. The zero-order valence-corrected chi connectivity index (χ0v) is 18.1. The molecule has 0 unspecified atom stereocenters. The second-order valence-electron chi connectivity index (χ2n) is 7.11. The maximum absolute atomic E-state index is 13.1. The van der Waals surface area contributed by atoms with E-state index in [1.54, 1.807) is 24.3 Å². The number of hydrogen-bond donors (Lipinski definition) is 1. The molecule has 5 rings (SSSR count). The maximum atomic E-state index is 13.1. The Morgan fingerprint density at radius 3 is 2.39 bits per heavy atom. The molecule has 0 radical (unpaired) electrons. The van der Waals surface area contributed by atoms with E-state index >= 15 is 0 Å². The summed E-state index contributed by atoms with van der Waals surface area (Å²) in [7, 11) is -3.94. The van der Waals surface area contributed by atoms with E-state index in [-0.39, 0.29) is 10.9 Å². The summed E-state index contributed by atoms with van der Waals surface area (Å²) >= 11 is 0. The number of rotatable bonds is 7. The summed E-state index contributed by atoms with van der Waals surface area (Å²) in [5.41, 5.74) is 2.99. The first-order valence-corrected chi connectivity index (χ1v) is 11.5. The molecule has 0 saturated carbocycles. The minimum Gasteiger partial charge on any atom is -0.432 e. The standard InChI is InChI=1S/C23H18N6O3S/c30-33(31,27-23-24-14-15-32-23)21-13-7-6-12-20(21)19-11-5-4-10-18(19)16-29-26-22(25-28-29)17-8-2-1-3-9-17/h1-15H,16H2,(H,24,27). The molecular weight excluding hydrogens is 440 g/mol. The van der Waals surface area contributed by atoms with E-state index in [1.807, 2.05) is 54.6 Å². The van der Waals surface area contributed by atoms with E-state index in [0.29, 0.717) is 17.9 Å². The third-order valence-corrected chi connectivity index (χ3v) is 6.31. The molecule has 0 saturated heterocycles. The summed E-state index contributed by atoms with van der Waals surface area (Å²) in [4.78, 5) is 5.44. The molecule has 0 atom stereocenters. The van der Waals surface area contributed by atoms with Crippen LogP contribution in [0.2, 0.25) is 0 Å². The fourth-order valence-corrected chi connectivity index (χ4v) is 4.62. The number of aromatic nitrogens is 5. The number of benzene rings is 3. The van der Waals surface area contributed by atoms with Crippen LogP contribution >= 0.6 is 0 Å². The first kappa shape index (κ1) is 20.6. The Morgan fingerprint density at radius 2 is 1.61 bits per heavy atom. The molecule has 2 aromatic heterocycles. The van der Waals surface area contributed by atoms with E-state index in [9.17, 15) is 8.42 Å². The summed E-state index contributed by atoms with van der Waals surface area (Å²) in [6.07, 6.45) is 2.67. The van der Waals surface area contributed by atoms with Crippen LogP contribution in [0.3, 0.4) is 0 Å². The SMILES string of the molecule is O=S(=O)(Nc1ncco1)c1ccccc1-c1ccccc1Cn1nnc(-c2ccccc2)n1. The Kier molecular flexibility index (Phi) is 5.41. The van der Waals surface area contributed by atoms with Crippen molar-refractivity contribution in [3.8, 4) is 22.5 Å². The third kappa shape index (κ3) is 4.37. The summed E-state index contributed by atoms with van der Waals surface area (Å²) in [5.74, 6) is 0.520. The molecule has 0 spiro atoms. The Labute approximate surface area is 189 Å². The average Bonchev–Trinajstić information content (AvgIpc) is 3.52. The van der Waals surface area contributed by atoms with Crippen LogP contribution in [0.5, 0.6) is 0 Å². The van der Waals surface area contributed by atoms with Gasteiger partial charge in [0.2, 0.25) is 5.82 Å².